The highest BCUT2D eigenvalue weighted by molar-refractivity contribution is 6.34. The fourth-order valence-corrected chi connectivity index (χ4v) is 2.79. The Morgan fingerprint density at radius 1 is 1.53 bits per heavy atom. The first-order valence-electron chi connectivity index (χ1n) is 6.15. The number of halogens is 1. The molecule has 1 fully saturated rings. The molecule has 0 bridgehead atoms. The van der Waals surface area contributed by atoms with E-state index < -0.39 is 5.97 Å². The zero-order valence-electron chi connectivity index (χ0n) is 10.6. The van der Waals surface area contributed by atoms with Crippen LogP contribution in [0, 0.1) is 5.92 Å². The first-order valence-corrected chi connectivity index (χ1v) is 6.53. The summed E-state index contributed by atoms with van der Waals surface area (Å²) in [7, 11) is 0. The van der Waals surface area contributed by atoms with Crippen LogP contribution in [0.15, 0.2) is 12.1 Å². The van der Waals surface area contributed by atoms with Gasteiger partial charge in [0.15, 0.2) is 0 Å². The summed E-state index contributed by atoms with van der Waals surface area (Å²) in [4.78, 5) is 13.2. The van der Waals surface area contributed by atoms with Crippen LogP contribution in [0.25, 0.3) is 0 Å². The van der Waals surface area contributed by atoms with Crippen molar-refractivity contribution >= 4 is 28.9 Å². The van der Waals surface area contributed by atoms with Gasteiger partial charge in [0.25, 0.3) is 0 Å². The van der Waals surface area contributed by atoms with Crippen molar-refractivity contribution in [2.75, 3.05) is 23.7 Å². The number of hydrogen-bond donors (Lipinski definition) is 3. The van der Waals surface area contributed by atoms with Crippen LogP contribution in [-0.2, 0) is 0 Å². The number of carboxylic acids is 1. The largest absolute Gasteiger partial charge is 0.478 e. The van der Waals surface area contributed by atoms with E-state index in [0.29, 0.717) is 35.9 Å². The molecule has 1 aromatic rings. The minimum atomic E-state index is -1.05. The lowest BCUT2D eigenvalue weighted by Gasteiger charge is -2.37. The number of nitrogens with zero attached hydrogens (tertiary/aromatic N) is 1. The second-order valence-electron chi connectivity index (χ2n) is 4.98. The molecule has 2 unspecified atom stereocenters. The highest BCUT2D eigenvalue weighted by Gasteiger charge is 2.28. The van der Waals surface area contributed by atoms with E-state index in [-0.39, 0.29) is 17.6 Å². The molecule has 1 aliphatic rings. The van der Waals surface area contributed by atoms with Gasteiger partial charge in [-0.1, -0.05) is 18.5 Å². The molecule has 0 aliphatic carbocycles. The number of carboxylic acid groups (broad SMARTS) is 1. The molecule has 0 radical (unpaired) electrons. The first kappa shape index (κ1) is 14.0. The zero-order chi connectivity index (χ0) is 14.2. The predicted molar refractivity (Wildman–Crippen MR) is 74.8 cm³/mol. The van der Waals surface area contributed by atoms with Crippen molar-refractivity contribution in [3.8, 4) is 0 Å². The van der Waals surface area contributed by atoms with Gasteiger partial charge in [-0.2, -0.15) is 0 Å². The molecule has 1 saturated heterocycles. The van der Waals surface area contributed by atoms with Gasteiger partial charge in [0.2, 0.25) is 0 Å². The lowest BCUT2D eigenvalue weighted by Crippen LogP contribution is -2.42. The minimum Gasteiger partial charge on any atom is -0.478 e. The molecule has 1 aromatic carbocycles. The van der Waals surface area contributed by atoms with Gasteiger partial charge in [0, 0.05) is 18.8 Å². The van der Waals surface area contributed by atoms with Gasteiger partial charge in [0.05, 0.1) is 22.4 Å². The third-order valence-electron chi connectivity index (χ3n) is 3.49. The molecule has 4 N–H and O–H groups in total. The molecule has 6 heteroatoms. The fourth-order valence-electron chi connectivity index (χ4n) is 2.44. The van der Waals surface area contributed by atoms with Crippen molar-refractivity contribution in [3.05, 3.63) is 22.7 Å². The van der Waals surface area contributed by atoms with Gasteiger partial charge >= 0.3 is 5.97 Å². The van der Waals surface area contributed by atoms with Crippen molar-refractivity contribution in [2.24, 2.45) is 5.92 Å². The van der Waals surface area contributed by atoms with Gasteiger partial charge in [-0.05, 0) is 24.5 Å². The van der Waals surface area contributed by atoms with E-state index in [1.54, 1.807) is 6.07 Å². The summed E-state index contributed by atoms with van der Waals surface area (Å²) < 4.78 is 0. The van der Waals surface area contributed by atoms with Crippen LogP contribution < -0.4 is 10.6 Å². The summed E-state index contributed by atoms with van der Waals surface area (Å²) in [6.07, 6.45) is 0.248. The number of rotatable bonds is 2. The van der Waals surface area contributed by atoms with E-state index in [9.17, 15) is 15.0 Å². The first-order chi connectivity index (χ1) is 8.90. The van der Waals surface area contributed by atoms with Crippen molar-refractivity contribution in [2.45, 2.75) is 19.4 Å². The van der Waals surface area contributed by atoms with Crippen LogP contribution in [0.5, 0.6) is 0 Å². The van der Waals surface area contributed by atoms with Crippen LogP contribution in [-0.4, -0.2) is 35.4 Å². The summed E-state index contributed by atoms with van der Waals surface area (Å²) in [5.74, 6) is -0.980. The standard InChI is InChI=1S/C13H17ClN2O3/c1-7-6-16(3-2-11(7)17)12-9(13(18)19)4-8(15)5-10(12)14/h4-5,7,11,17H,2-3,6,15H2,1H3,(H,18,19). The molecular weight excluding hydrogens is 268 g/mol. The Morgan fingerprint density at radius 3 is 2.79 bits per heavy atom. The second-order valence-corrected chi connectivity index (χ2v) is 5.39. The summed E-state index contributed by atoms with van der Waals surface area (Å²) in [6.45, 7) is 3.09. The van der Waals surface area contributed by atoms with Crippen LogP contribution >= 0.6 is 11.6 Å². The highest BCUT2D eigenvalue weighted by atomic mass is 35.5. The fraction of sp³-hybridized carbons (Fsp3) is 0.462. The second kappa shape index (κ2) is 5.27. The molecule has 0 saturated carbocycles. The Morgan fingerprint density at radius 2 is 2.21 bits per heavy atom. The van der Waals surface area contributed by atoms with E-state index in [1.807, 2.05) is 11.8 Å². The maximum atomic E-state index is 11.3. The number of nitrogens with two attached hydrogens (primary N) is 1. The van der Waals surface area contributed by atoms with Crippen molar-refractivity contribution < 1.29 is 15.0 Å². The Kier molecular flexibility index (Phi) is 3.87. The number of nitrogen functional groups attached to an aromatic ring is 1. The smallest absolute Gasteiger partial charge is 0.337 e. The summed E-state index contributed by atoms with van der Waals surface area (Å²) in [6, 6.07) is 2.97. The van der Waals surface area contributed by atoms with Gasteiger partial charge in [-0.15, -0.1) is 0 Å². The number of aliphatic hydroxyl groups excluding tert-OH is 1. The topological polar surface area (TPSA) is 86.8 Å². The number of aromatic carboxylic acids is 1. The number of carbonyl (C=O) groups is 1. The average molecular weight is 285 g/mol. The summed E-state index contributed by atoms with van der Waals surface area (Å²) in [5.41, 5.74) is 6.56. The Labute approximate surface area is 116 Å². The van der Waals surface area contributed by atoms with Crippen molar-refractivity contribution in [3.63, 3.8) is 0 Å². The maximum Gasteiger partial charge on any atom is 0.337 e. The SMILES string of the molecule is CC1CN(c2c(Cl)cc(N)cc2C(=O)O)CCC1O. The summed E-state index contributed by atoms with van der Waals surface area (Å²) in [5, 5.41) is 19.3. The Balaban J connectivity index is 2.41. The number of anilines is 2. The van der Waals surface area contributed by atoms with Crippen LogP contribution in [0.1, 0.15) is 23.7 Å². The molecule has 2 atom stereocenters. The predicted octanol–water partition coefficient (Wildman–Crippen LogP) is 1.83. The molecule has 5 nitrogen and oxygen atoms in total. The Bertz CT molecular complexity index is 507. The lowest BCUT2D eigenvalue weighted by atomic mass is 9.95. The van der Waals surface area contributed by atoms with E-state index in [0.717, 1.165) is 0 Å². The van der Waals surface area contributed by atoms with Crippen molar-refractivity contribution in [1.29, 1.82) is 0 Å². The molecule has 1 heterocycles. The molecular formula is C13H17ClN2O3. The van der Waals surface area contributed by atoms with E-state index in [2.05, 4.69) is 0 Å². The molecule has 1 aliphatic heterocycles. The zero-order valence-corrected chi connectivity index (χ0v) is 11.4. The van der Waals surface area contributed by atoms with Gasteiger partial charge < -0.3 is 20.8 Å². The number of benzene rings is 1. The van der Waals surface area contributed by atoms with Crippen molar-refractivity contribution in [1.82, 2.24) is 0 Å². The third-order valence-corrected chi connectivity index (χ3v) is 3.78. The van der Waals surface area contributed by atoms with Gasteiger partial charge in [-0.3, -0.25) is 0 Å². The van der Waals surface area contributed by atoms with E-state index >= 15 is 0 Å². The number of aliphatic hydroxyl groups is 1. The molecule has 0 aromatic heterocycles. The normalized spacial score (nSPS) is 23.4. The molecule has 19 heavy (non-hydrogen) atoms. The van der Waals surface area contributed by atoms with Crippen LogP contribution in [0.4, 0.5) is 11.4 Å². The van der Waals surface area contributed by atoms with Crippen LogP contribution in [0.2, 0.25) is 5.02 Å². The summed E-state index contributed by atoms with van der Waals surface area (Å²) >= 11 is 6.15. The minimum absolute atomic E-state index is 0.0732. The monoisotopic (exact) mass is 284 g/mol. The molecule has 0 amide bonds. The third kappa shape index (κ3) is 2.77. The highest BCUT2D eigenvalue weighted by Crippen LogP contribution is 2.35. The van der Waals surface area contributed by atoms with E-state index in [1.165, 1.54) is 6.07 Å². The van der Waals surface area contributed by atoms with Gasteiger partial charge in [0.1, 0.15) is 0 Å². The Hall–Kier alpha value is -1.46. The molecule has 2 rings (SSSR count). The lowest BCUT2D eigenvalue weighted by molar-refractivity contribution is 0.0697. The maximum absolute atomic E-state index is 11.3. The van der Waals surface area contributed by atoms with E-state index in [4.69, 9.17) is 17.3 Å². The van der Waals surface area contributed by atoms with Gasteiger partial charge in [-0.25, -0.2) is 4.79 Å². The quantitative estimate of drug-likeness (QED) is 0.721. The average Bonchev–Trinajstić information content (AvgIpc) is 2.32. The van der Waals surface area contributed by atoms with Crippen LogP contribution in [0.3, 0.4) is 0 Å². The number of hydrogen-bond acceptors (Lipinski definition) is 4. The molecule has 0 spiro atoms. The molecule has 104 valence electrons. The number of piperidine rings is 1.